The van der Waals surface area contributed by atoms with Gasteiger partial charge in [-0.05, 0) is 42.7 Å². The summed E-state index contributed by atoms with van der Waals surface area (Å²) in [5, 5.41) is 46.8. The van der Waals surface area contributed by atoms with Crippen molar-refractivity contribution in [1.82, 2.24) is 0 Å². The summed E-state index contributed by atoms with van der Waals surface area (Å²) in [6, 6.07) is 1.69. The summed E-state index contributed by atoms with van der Waals surface area (Å²) < 4.78 is 0. The average Bonchev–Trinajstić information content (AvgIpc) is 2.86. The number of fused-ring (bicyclic) bond motifs is 3. The third-order valence-electron chi connectivity index (χ3n) is 9.92. The van der Waals surface area contributed by atoms with Gasteiger partial charge in [-0.2, -0.15) is 0 Å². The Labute approximate surface area is 251 Å². The number of allylic oxidation sites excluding steroid dienone is 2. The van der Waals surface area contributed by atoms with Crippen molar-refractivity contribution in [2.75, 3.05) is 0 Å². The van der Waals surface area contributed by atoms with Crippen molar-refractivity contribution in [3.8, 4) is 5.75 Å². The Bertz CT molecular complexity index is 1540. The molecule has 0 aliphatic heterocycles. The van der Waals surface area contributed by atoms with Gasteiger partial charge in [0.15, 0.2) is 23.0 Å². The van der Waals surface area contributed by atoms with E-state index in [0.29, 0.717) is 5.56 Å². The summed E-state index contributed by atoms with van der Waals surface area (Å²) in [4.78, 5) is 65.1. The van der Waals surface area contributed by atoms with Crippen LogP contribution in [0.25, 0.3) is 0 Å². The molecule has 9 nitrogen and oxygen atoms in total. The fourth-order valence-corrected chi connectivity index (χ4v) is 8.15. The van der Waals surface area contributed by atoms with E-state index in [9.17, 15) is 44.4 Å². The maximum absolute atomic E-state index is 14.4. The van der Waals surface area contributed by atoms with Crippen molar-refractivity contribution in [2.24, 2.45) is 22.7 Å². The van der Waals surface area contributed by atoms with E-state index in [1.807, 2.05) is 13.8 Å². The smallest absolute Gasteiger partial charge is 0.197 e. The first-order valence-corrected chi connectivity index (χ1v) is 14.9. The summed E-state index contributed by atoms with van der Waals surface area (Å²) in [6.45, 7) is 13.4. The van der Waals surface area contributed by atoms with Crippen LogP contribution in [0.3, 0.4) is 0 Å². The van der Waals surface area contributed by atoms with Crippen LogP contribution in [0.1, 0.15) is 108 Å². The number of hydrogen-bond acceptors (Lipinski definition) is 9. The van der Waals surface area contributed by atoms with E-state index in [1.165, 1.54) is 0 Å². The highest BCUT2D eigenvalue weighted by Gasteiger charge is 2.70. The molecule has 3 aliphatic carbocycles. The van der Waals surface area contributed by atoms with Crippen LogP contribution >= 0.6 is 0 Å². The number of rotatable bonds is 8. The Morgan fingerprint density at radius 1 is 1.00 bits per heavy atom. The van der Waals surface area contributed by atoms with Gasteiger partial charge in [0, 0.05) is 40.7 Å². The van der Waals surface area contributed by atoms with Crippen LogP contribution in [0.2, 0.25) is 0 Å². The number of aromatic hydroxyl groups is 1. The lowest BCUT2D eigenvalue weighted by Gasteiger charge is -2.59. The van der Waals surface area contributed by atoms with Crippen LogP contribution in [-0.4, -0.2) is 54.9 Å². The van der Waals surface area contributed by atoms with Gasteiger partial charge in [0.2, 0.25) is 0 Å². The molecule has 4 atom stereocenters. The molecular weight excluding hydrogens is 552 g/mol. The number of benzene rings is 1. The predicted molar refractivity (Wildman–Crippen MR) is 158 cm³/mol. The zero-order valence-corrected chi connectivity index (χ0v) is 26.2. The Balaban J connectivity index is 2.02. The standard InChI is InChI=1S/C34H42O9/c1-9-19(36)12-20(37)10-18-11-21(15(2)3)22-13-32(7)14-33(8)25(16(4)5)28(39)23(17(6)35)30(41)34(33,43)31(42)26(32)29(40)24(22)27(18)38/h11,15-16,25,38,41-43H,9-10,12-14H2,1-8H3/t25?,32-,33-,34+/m1/s1. The third kappa shape index (κ3) is 4.50. The fourth-order valence-electron chi connectivity index (χ4n) is 8.15. The minimum Gasteiger partial charge on any atom is -0.508 e. The van der Waals surface area contributed by atoms with Gasteiger partial charge in [-0.15, -0.1) is 0 Å². The monoisotopic (exact) mass is 594 g/mol. The second kappa shape index (κ2) is 10.5. The highest BCUT2D eigenvalue weighted by Crippen LogP contribution is 2.65. The number of ketones is 5. The lowest BCUT2D eigenvalue weighted by molar-refractivity contribution is -0.163. The summed E-state index contributed by atoms with van der Waals surface area (Å²) >= 11 is 0. The molecule has 0 fully saturated rings. The molecule has 4 rings (SSSR count). The molecule has 0 aromatic heterocycles. The largest absolute Gasteiger partial charge is 0.508 e. The van der Waals surface area contributed by atoms with E-state index in [1.54, 1.807) is 40.7 Å². The third-order valence-corrected chi connectivity index (χ3v) is 9.92. The first-order chi connectivity index (χ1) is 19.8. The zero-order valence-electron chi connectivity index (χ0n) is 26.2. The quantitative estimate of drug-likeness (QED) is 0.241. The lowest BCUT2D eigenvalue weighted by Crippen LogP contribution is -2.65. The van der Waals surface area contributed by atoms with Crippen molar-refractivity contribution in [3.63, 3.8) is 0 Å². The summed E-state index contributed by atoms with van der Waals surface area (Å²) in [5.41, 5.74) is -4.74. The van der Waals surface area contributed by atoms with Crippen molar-refractivity contribution in [1.29, 1.82) is 0 Å². The van der Waals surface area contributed by atoms with Gasteiger partial charge in [0.1, 0.15) is 34.4 Å². The van der Waals surface area contributed by atoms with Crippen LogP contribution in [0.4, 0.5) is 0 Å². The maximum Gasteiger partial charge on any atom is 0.197 e. The Kier molecular flexibility index (Phi) is 7.92. The van der Waals surface area contributed by atoms with E-state index in [0.717, 1.165) is 12.5 Å². The first kappa shape index (κ1) is 32.3. The van der Waals surface area contributed by atoms with Crippen LogP contribution in [-0.2, 0) is 32.0 Å². The van der Waals surface area contributed by atoms with E-state index in [-0.39, 0.29) is 60.5 Å². The van der Waals surface area contributed by atoms with Gasteiger partial charge < -0.3 is 20.4 Å². The van der Waals surface area contributed by atoms with Gasteiger partial charge >= 0.3 is 0 Å². The molecule has 0 bridgehead atoms. The zero-order chi connectivity index (χ0) is 32.6. The molecule has 0 saturated heterocycles. The van der Waals surface area contributed by atoms with Crippen LogP contribution in [0.15, 0.2) is 28.7 Å². The number of phenols is 1. The highest BCUT2D eigenvalue weighted by atomic mass is 16.4. The number of Topliss-reactive ketones (excluding diaryl/α,β-unsaturated/α-hetero) is 5. The number of aliphatic hydroxyl groups excluding tert-OH is 2. The number of aliphatic hydroxyl groups is 3. The van der Waals surface area contributed by atoms with Crippen LogP contribution < -0.4 is 0 Å². The fraction of sp³-hybridized carbons (Fsp3) is 0.559. The van der Waals surface area contributed by atoms with Gasteiger partial charge in [-0.3, -0.25) is 24.0 Å². The molecule has 232 valence electrons. The summed E-state index contributed by atoms with van der Waals surface area (Å²) in [7, 11) is 0. The number of carbonyl (C=O) groups excluding carboxylic acids is 5. The number of carbonyl (C=O) groups is 5. The molecule has 43 heavy (non-hydrogen) atoms. The minimum atomic E-state index is -2.62. The molecule has 0 spiro atoms. The number of hydrogen-bond donors (Lipinski definition) is 4. The second-order valence-electron chi connectivity index (χ2n) is 13.7. The Morgan fingerprint density at radius 2 is 1.60 bits per heavy atom. The van der Waals surface area contributed by atoms with Crippen molar-refractivity contribution >= 4 is 28.9 Å². The van der Waals surface area contributed by atoms with Crippen molar-refractivity contribution in [3.05, 3.63) is 51.0 Å². The Hall–Kier alpha value is -3.59. The summed E-state index contributed by atoms with van der Waals surface area (Å²) in [6.07, 6.45) is -0.213. The summed E-state index contributed by atoms with van der Waals surface area (Å²) in [5.74, 6) is -6.59. The molecule has 0 amide bonds. The molecule has 9 heteroatoms. The Morgan fingerprint density at radius 3 is 2.12 bits per heavy atom. The van der Waals surface area contributed by atoms with Gasteiger partial charge in [-0.1, -0.05) is 54.5 Å². The molecule has 1 unspecified atom stereocenters. The molecule has 0 heterocycles. The molecule has 4 N–H and O–H groups in total. The van der Waals surface area contributed by atoms with Gasteiger partial charge in [-0.25, -0.2) is 0 Å². The van der Waals surface area contributed by atoms with E-state index >= 15 is 0 Å². The van der Waals surface area contributed by atoms with Crippen LogP contribution in [0.5, 0.6) is 5.75 Å². The van der Waals surface area contributed by atoms with Gasteiger partial charge in [0.05, 0.1) is 12.0 Å². The molecule has 0 radical (unpaired) electrons. The average molecular weight is 595 g/mol. The number of phenolic OH excluding ortho intramolecular Hbond substituents is 1. The first-order valence-electron chi connectivity index (χ1n) is 14.9. The SMILES string of the molecule is CCC(=O)CC(=O)Cc1cc(C(C)C)c2c(c1O)C(=O)C1=C(O)[C@@]3(O)C(O)=C(C(C)=O)C(=O)C(C(C)C)[C@@]3(C)C[C@@]1(C)C2. The van der Waals surface area contributed by atoms with Crippen molar-refractivity contribution in [2.45, 2.75) is 99.0 Å². The predicted octanol–water partition coefficient (Wildman–Crippen LogP) is 4.95. The topological polar surface area (TPSA) is 166 Å². The van der Waals surface area contributed by atoms with Crippen molar-refractivity contribution < 1.29 is 44.4 Å². The molecule has 0 saturated carbocycles. The van der Waals surface area contributed by atoms with Gasteiger partial charge in [0.25, 0.3) is 0 Å². The maximum atomic E-state index is 14.4. The second-order valence-corrected chi connectivity index (χ2v) is 13.7. The normalized spacial score (nSPS) is 28.7. The molecule has 1 aromatic rings. The van der Waals surface area contributed by atoms with E-state index in [2.05, 4.69) is 0 Å². The lowest BCUT2D eigenvalue weighted by atomic mass is 9.44. The molecular formula is C34H42O9. The molecule has 3 aliphatic rings. The molecule has 1 aromatic carbocycles. The van der Waals surface area contributed by atoms with E-state index in [4.69, 9.17) is 0 Å². The van der Waals surface area contributed by atoms with Crippen LogP contribution in [0, 0.1) is 22.7 Å². The van der Waals surface area contributed by atoms with E-state index < -0.39 is 74.2 Å². The highest BCUT2D eigenvalue weighted by molar-refractivity contribution is 6.22. The minimum absolute atomic E-state index is 0.00255.